The fourth-order valence-corrected chi connectivity index (χ4v) is 1.94. The SMILES string of the molecule is C[C@H](CC(=O)Nc1ccccc1)NCc1cnn(C)c1. The maximum atomic E-state index is 11.9. The highest BCUT2D eigenvalue weighted by atomic mass is 16.1. The molecule has 0 radical (unpaired) electrons. The first kappa shape index (κ1) is 14.3. The third kappa shape index (κ3) is 4.51. The van der Waals surface area contributed by atoms with Gasteiger partial charge in [0.15, 0.2) is 0 Å². The third-order valence-corrected chi connectivity index (χ3v) is 2.96. The number of hydrogen-bond donors (Lipinski definition) is 2. The first-order valence-corrected chi connectivity index (χ1v) is 6.69. The second-order valence-electron chi connectivity index (χ2n) is 4.92. The Bertz CT molecular complexity index is 550. The fourth-order valence-electron chi connectivity index (χ4n) is 1.94. The first-order valence-electron chi connectivity index (χ1n) is 6.69. The van der Waals surface area contributed by atoms with E-state index in [1.54, 1.807) is 4.68 Å². The number of aromatic nitrogens is 2. The summed E-state index contributed by atoms with van der Waals surface area (Å²) < 4.78 is 1.77. The van der Waals surface area contributed by atoms with Crippen LogP contribution in [0.4, 0.5) is 5.69 Å². The number of carbonyl (C=O) groups excluding carboxylic acids is 1. The highest BCUT2D eigenvalue weighted by Crippen LogP contribution is 2.06. The van der Waals surface area contributed by atoms with E-state index in [0.717, 1.165) is 11.3 Å². The minimum Gasteiger partial charge on any atom is -0.326 e. The van der Waals surface area contributed by atoms with Gasteiger partial charge in [0.2, 0.25) is 5.91 Å². The maximum absolute atomic E-state index is 11.9. The van der Waals surface area contributed by atoms with Gasteiger partial charge in [-0.15, -0.1) is 0 Å². The van der Waals surface area contributed by atoms with Crippen molar-refractivity contribution >= 4 is 11.6 Å². The van der Waals surface area contributed by atoms with Gasteiger partial charge in [0.1, 0.15) is 0 Å². The van der Waals surface area contributed by atoms with E-state index in [1.165, 1.54) is 0 Å². The van der Waals surface area contributed by atoms with Crippen LogP contribution < -0.4 is 10.6 Å². The van der Waals surface area contributed by atoms with Crippen molar-refractivity contribution in [2.24, 2.45) is 7.05 Å². The van der Waals surface area contributed by atoms with Crippen LogP contribution in [0.2, 0.25) is 0 Å². The molecule has 2 N–H and O–H groups in total. The molecule has 1 amide bonds. The summed E-state index contributed by atoms with van der Waals surface area (Å²) in [6, 6.07) is 9.60. The zero-order valence-corrected chi connectivity index (χ0v) is 11.8. The van der Waals surface area contributed by atoms with Crippen molar-refractivity contribution < 1.29 is 4.79 Å². The Hall–Kier alpha value is -2.14. The van der Waals surface area contributed by atoms with E-state index < -0.39 is 0 Å². The Balaban J connectivity index is 1.73. The number of nitrogens with zero attached hydrogens (tertiary/aromatic N) is 2. The topological polar surface area (TPSA) is 59.0 Å². The standard InChI is InChI=1S/C15H20N4O/c1-12(16-9-13-10-17-19(2)11-13)8-15(20)18-14-6-4-3-5-7-14/h3-7,10-12,16H,8-9H2,1-2H3,(H,18,20)/t12-/m1/s1. The summed E-state index contributed by atoms with van der Waals surface area (Å²) in [6.07, 6.45) is 4.22. The number of rotatable bonds is 6. The maximum Gasteiger partial charge on any atom is 0.225 e. The molecule has 5 heteroatoms. The third-order valence-electron chi connectivity index (χ3n) is 2.96. The number of anilines is 1. The van der Waals surface area contributed by atoms with E-state index in [9.17, 15) is 4.79 Å². The van der Waals surface area contributed by atoms with Gasteiger partial charge >= 0.3 is 0 Å². The van der Waals surface area contributed by atoms with Crippen LogP contribution in [0.1, 0.15) is 18.9 Å². The van der Waals surface area contributed by atoms with E-state index in [1.807, 2.05) is 56.7 Å². The largest absolute Gasteiger partial charge is 0.326 e. The Kier molecular flexibility index (Phi) is 4.90. The van der Waals surface area contributed by atoms with Crippen molar-refractivity contribution in [2.75, 3.05) is 5.32 Å². The molecule has 2 aromatic rings. The van der Waals surface area contributed by atoms with Crippen LogP contribution in [0.3, 0.4) is 0 Å². The number of hydrogen-bond acceptors (Lipinski definition) is 3. The molecule has 1 heterocycles. The zero-order chi connectivity index (χ0) is 14.4. The van der Waals surface area contributed by atoms with Crippen LogP contribution in [0, 0.1) is 0 Å². The molecule has 1 aromatic heterocycles. The monoisotopic (exact) mass is 272 g/mol. The summed E-state index contributed by atoms with van der Waals surface area (Å²) >= 11 is 0. The van der Waals surface area contributed by atoms with Crippen molar-refractivity contribution in [3.8, 4) is 0 Å². The summed E-state index contributed by atoms with van der Waals surface area (Å²) in [5, 5.41) is 10.3. The summed E-state index contributed by atoms with van der Waals surface area (Å²) in [5.74, 6) is 0.0161. The van der Waals surface area contributed by atoms with E-state index in [4.69, 9.17) is 0 Å². The smallest absolute Gasteiger partial charge is 0.225 e. The van der Waals surface area contributed by atoms with E-state index >= 15 is 0 Å². The Morgan fingerprint density at radius 2 is 2.10 bits per heavy atom. The van der Waals surface area contributed by atoms with E-state index in [0.29, 0.717) is 13.0 Å². The number of amides is 1. The van der Waals surface area contributed by atoms with Gasteiger partial charge in [0, 0.05) is 43.5 Å². The average molecular weight is 272 g/mol. The van der Waals surface area contributed by atoms with Gasteiger partial charge in [0.05, 0.1) is 6.20 Å². The van der Waals surface area contributed by atoms with E-state index in [-0.39, 0.29) is 11.9 Å². The predicted molar refractivity (Wildman–Crippen MR) is 79.2 cm³/mol. The lowest BCUT2D eigenvalue weighted by molar-refractivity contribution is -0.116. The lowest BCUT2D eigenvalue weighted by atomic mass is 10.2. The Morgan fingerprint density at radius 1 is 1.35 bits per heavy atom. The molecule has 0 aliphatic rings. The average Bonchev–Trinajstić information content (AvgIpc) is 2.83. The minimum absolute atomic E-state index is 0.0161. The second-order valence-corrected chi connectivity index (χ2v) is 4.92. The van der Waals surface area contributed by atoms with Gasteiger partial charge in [-0.05, 0) is 19.1 Å². The van der Waals surface area contributed by atoms with Crippen molar-refractivity contribution in [3.05, 3.63) is 48.3 Å². The van der Waals surface area contributed by atoms with Crippen LogP contribution in [-0.4, -0.2) is 21.7 Å². The molecule has 2 rings (SSSR count). The molecule has 0 spiro atoms. The molecule has 20 heavy (non-hydrogen) atoms. The molecule has 0 aliphatic heterocycles. The highest BCUT2D eigenvalue weighted by Gasteiger charge is 2.09. The van der Waals surface area contributed by atoms with Gasteiger partial charge in [-0.25, -0.2) is 0 Å². The van der Waals surface area contributed by atoms with Crippen molar-refractivity contribution in [1.82, 2.24) is 15.1 Å². The quantitative estimate of drug-likeness (QED) is 0.844. The number of carbonyl (C=O) groups is 1. The minimum atomic E-state index is 0.0161. The highest BCUT2D eigenvalue weighted by molar-refractivity contribution is 5.90. The molecule has 0 fully saturated rings. The number of benzene rings is 1. The van der Waals surface area contributed by atoms with Gasteiger partial charge in [-0.3, -0.25) is 9.48 Å². The molecule has 0 bridgehead atoms. The van der Waals surface area contributed by atoms with Crippen LogP contribution in [-0.2, 0) is 18.4 Å². The van der Waals surface area contributed by atoms with Crippen molar-refractivity contribution in [3.63, 3.8) is 0 Å². The van der Waals surface area contributed by atoms with Crippen molar-refractivity contribution in [1.29, 1.82) is 0 Å². The summed E-state index contributed by atoms with van der Waals surface area (Å²) in [6.45, 7) is 2.72. The number of aryl methyl sites for hydroxylation is 1. The number of nitrogens with one attached hydrogen (secondary N) is 2. The Morgan fingerprint density at radius 3 is 2.75 bits per heavy atom. The lowest BCUT2D eigenvalue weighted by Gasteiger charge is -2.13. The zero-order valence-electron chi connectivity index (χ0n) is 11.8. The molecule has 0 saturated heterocycles. The molecule has 5 nitrogen and oxygen atoms in total. The Labute approximate surface area is 119 Å². The normalized spacial score (nSPS) is 12.1. The van der Waals surface area contributed by atoms with Gasteiger partial charge < -0.3 is 10.6 Å². The lowest BCUT2D eigenvalue weighted by Crippen LogP contribution is -2.30. The second kappa shape index (κ2) is 6.86. The molecule has 1 atom stereocenters. The first-order chi connectivity index (χ1) is 9.63. The molecule has 0 saturated carbocycles. The number of para-hydroxylation sites is 1. The van der Waals surface area contributed by atoms with Gasteiger partial charge in [-0.1, -0.05) is 18.2 Å². The van der Waals surface area contributed by atoms with Gasteiger partial charge in [-0.2, -0.15) is 5.10 Å². The van der Waals surface area contributed by atoms with Crippen LogP contribution >= 0.6 is 0 Å². The molecule has 106 valence electrons. The van der Waals surface area contributed by atoms with Crippen LogP contribution in [0.15, 0.2) is 42.7 Å². The summed E-state index contributed by atoms with van der Waals surface area (Å²) in [5.41, 5.74) is 1.94. The molecule has 1 aromatic carbocycles. The van der Waals surface area contributed by atoms with Crippen molar-refractivity contribution in [2.45, 2.75) is 25.9 Å². The summed E-state index contributed by atoms with van der Waals surface area (Å²) in [7, 11) is 1.89. The van der Waals surface area contributed by atoms with Crippen LogP contribution in [0.25, 0.3) is 0 Å². The molecule has 0 aliphatic carbocycles. The summed E-state index contributed by atoms with van der Waals surface area (Å²) in [4.78, 5) is 11.9. The fraction of sp³-hybridized carbons (Fsp3) is 0.333. The van der Waals surface area contributed by atoms with E-state index in [2.05, 4.69) is 15.7 Å². The van der Waals surface area contributed by atoms with Crippen LogP contribution in [0.5, 0.6) is 0 Å². The molecule has 0 unspecified atom stereocenters. The predicted octanol–water partition coefficient (Wildman–Crippen LogP) is 1.93. The van der Waals surface area contributed by atoms with Gasteiger partial charge in [0.25, 0.3) is 0 Å². The molecular formula is C15H20N4O. The molecular weight excluding hydrogens is 252 g/mol.